The number of nitrogens with zero attached hydrogens (tertiary/aromatic N) is 5. The van der Waals surface area contributed by atoms with Crippen molar-refractivity contribution in [1.82, 2.24) is 15.0 Å². The van der Waals surface area contributed by atoms with Gasteiger partial charge in [-0.15, -0.1) is 0 Å². The molecule has 3 aromatic rings. The first-order valence-electron chi connectivity index (χ1n) is 8.46. The summed E-state index contributed by atoms with van der Waals surface area (Å²) in [4.78, 5) is 14.9. The van der Waals surface area contributed by atoms with E-state index in [0.717, 1.165) is 11.1 Å². The quantitative estimate of drug-likeness (QED) is 0.442. The van der Waals surface area contributed by atoms with Crippen molar-refractivity contribution in [3.05, 3.63) is 69.7 Å². The van der Waals surface area contributed by atoms with Crippen LogP contribution in [0.1, 0.15) is 11.1 Å². The van der Waals surface area contributed by atoms with Crippen LogP contribution < -0.4 is 15.6 Å². The number of nitrogens with one attached hydrogen (secondary N) is 2. The smallest absolute Gasteiger partial charge is 0.250 e. The van der Waals surface area contributed by atoms with E-state index in [4.69, 9.17) is 23.2 Å². The summed E-state index contributed by atoms with van der Waals surface area (Å²) in [5.41, 5.74) is 4.67. The lowest BCUT2D eigenvalue weighted by molar-refractivity contribution is 0.940. The first kappa shape index (κ1) is 19.9. The molecule has 0 radical (unpaired) electrons. The lowest BCUT2D eigenvalue weighted by atomic mass is 10.2. The Balaban J connectivity index is 1.74. The van der Waals surface area contributed by atoms with Gasteiger partial charge in [-0.25, -0.2) is 5.43 Å². The Kier molecular flexibility index (Phi) is 6.62. The second kappa shape index (κ2) is 9.34. The van der Waals surface area contributed by atoms with Gasteiger partial charge in [0.15, 0.2) is 0 Å². The molecule has 0 atom stereocenters. The topological polar surface area (TPSA) is 78.3 Å². The maximum absolute atomic E-state index is 6.14. The Hall–Kier alpha value is -2.90. The van der Waals surface area contributed by atoms with Crippen LogP contribution in [0.2, 0.25) is 10.0 Å². The van der Waals surface area contributed by atoms with Crippen LogP contribution in [0, 0.1) is 0 Å². The highest BCUT2D eigenvalue weighted by Gasteiger charge is 2.08. The predicted molar refractivity (Wildman–Crippen MR) is 116 cm³/mol. The minimum absolute atomic E-state index is 0.315. The molecule has 7 nitrogen and oxygen atoms in total. The van der Waals surface area contributed by atoms with Crippen molar-refractivity contribution in [1.29, 1.82) is 0 Å². The van der Waals surface area contributed by atoms with Gasteiger partial charge in [-0.1, -0.05) is 59.6 Å². The van der Waals surface area contributed by atoms with Crippen LogP contribution in [0.3, 0.4) is 0 Å². The number of rotatable bonds is 7. The Morgan fingerprint density at radius 2 is 1.75 bits per heavy atom. The monoisotopic (exact) mass is 415 g/mol. The number of hydrogen-bond donors (Lipinski definition) is 2. The summed E-state index contributed by atoms with van der Waals surface area (Å²) in [6, 6.07) is 15.2. The maximum Gasteiger partial charge on any atom is 0.250 e. The van der Waals surface area contributed by atoms with Gasteiger partial charge in [-0.05, 0) is 17.7 Å². The molecule has 0 aliphatic carbocycles. The van der Waals surface area contributed by atoms with Crippen LogP contribution in [0.5, 0.6) is 0 Å². The molecule has 0 bridgehead atoms. The highest BCUT2D eigenvalue weighted by Crippen LogP contribution is 2.19. The van der Waals surface area contributed by atoms with E-state index in [1.54, 1.807) is 29.3 Å². The molecule has 0 unspecified atom stereocenters. The Morgan fingerprint density at radius 1 is 1.00 bits per heavy atom. The van der Waals surface area contributed by atoms with E-state index in [9.17, 15) is 0 Å². The molecule has 1 aromatic heterocycles. The van der Waals surface area contributed by atoms with Crippen LogP contribution in [0.15, 0.2) is 53.6 Å². The number of halogens is 2. The Labute approximate surface area is 173 Å². The SMILES string of the molecule is CN(C)c1nc(NCc2ccccc2)nc(N/N=C/c2ccc(Cl)cc2Cl)n1. The largest absolute Gasteiger partial charge is 0.350 e. The summed E-state index contributed by atoms with van der Waals surface area (Å²) in [5.74, 6) is 1.27. The Bertz CT molecular complexity index is 962. The number of anilines is 3. The molecule has 0 amide bonds. The average Bonchev–Trinajstić information content (AvgIpc) is 2.69. The first-order chi connectivity index (χ1) is 13.5. The van der Waals surface area contributed by atoms with Gasteiger partial charge in [0.1, 0.15) is 0 Å². The fourth-order valence-corrected chi connectivity index (χ4v) is 2.69. The molecule has 2 aromatic carbocycles. The molecular weight excluding hydrogens is 397 g/mol. The van der Waals surface area contributed by atoms with Gasteiger partial charge in [0.2, 0.25) is 17.8 Å². The number of hydrogen-bond acceptors (Lipinski definition) is 7. The predicted octanol–water partition coefficient (Wildman–Crippen LogP) is 4.30. The summed E-state index contributed by atoms with van der Waals surface area (Å²) < 4.78 is 0. The molecule has 3 rings (SSSR count). The number of aromatic nitrogens is 3. The fraction of sp³-hybridized carbons (Fsp3) is 0.158. The van der Waals surface area contributed by atoms with Crippen LogP contribution in [-0.4, -0.2) is 35.3 Å². The van der Waals surface area contributed by atoms with Crippen LogP contribution in [0.25, 0.3) is 0 Å². The average molecular weight is 416 g/mol. The molecule has 2 N–H and O–H groups in total. The lowest BCUT2D eigenvalue weighted by Crippen LogP contribution is -2.16. The zero-order valence-corrected chi connectivity index (χ0v) is 16.9. The first-order valence-corrected chi connectivity index (χ1v) is 9.22. The van der Waals surface area contributed by atoms with Gasteiger partial charge in [-0.3, -0.25) is 0 Å². The van der Waals surface area contributed by atoms with Crippen molar-refractivity contribution in [3.8, 4) is 0 Å². The van der Waals surface area contributed by atoms with Gasteiger partial charge in [-0.2, -0.15) is 20.1 Å². The molecule has 0 spiro atoms. The van der Waals surface area contributed by atoms with Crippen LogP contribution in [-0.2, 0) is 6.54 Å². The van der Waals surface area contributed by atoms with Gasteiger partial charge >= 0.3 is 0 Å². The highest BCUT2D eigenvalue weighted by molar-refractivity contribution is 6.36. The van der Waals surface area contributed by atoms with Crippen LogP contribution >= 0.6 is 23.2 Å². The highest BCUT2D eigenvalue weighted by atomic mass is 35.5. The molecule has 0 saturated heterocycles. The zero-order valence-electron chi connectivity index (χ0n) is 15.4. The third kappa shape index (κ3) is 5.55. The molecule has 144 valence electrons. The van der Waals surface area contributed by atoms with Gasteiger partial charge in [0.05, 0.1) is 11.2 Å². The zero-order chi connectivity index (χ0) is 19.9. The van der Waals surface area contributed by atoms with E-state index in [2.05, 4.69) is 30.8 Å². The molecule has 0 saturated carbocycles. The normalized spacial score (nSPS) is 10.9. The second-order valence-electron chi connectivity index (χ2n) is 6.05. The van der Waals surface area contributed by atoms with Crippen molar-refractivity contribution in [2.24, 2.45) is 5.10 Å². The standard InChI is InChI=1S/C19H19Cl2N7/c1-28(2)19-25-17(22-11-13-6-4-3-5-7-13)24-18(26-19)27-23-12-14-8-9-15(20)10-16(14)21/h3-10,12H,11H2,1-2H3,(H2,22,24,25,26,27)/b23-12+. The summed E-state index contributed by atoms with van der Waals surface area (Å²) in [6.07, 6.45) is 1.58. The number of hydrazone groups is 1. The van der Waals surface area contributed by atoms with Crippen molar-refractivity contribution in [2.45, 2.75) is 6.54 Å². The minimum atomic E-state index is 0.315. The van der Waals surface area contributed by atoms with E-state index < -0.39 is 0 Å². The minimum Gasteiger partial charge on any atom is -0.350 e. The van der Waals surface area contributed by atoms with Gasteiger partial charge in [0.25, 0.3) is 0 Å². The van der Waals surface area contributed by atoms with Crippen molar-refractivity contribution >= 4 is 47.3 Å². The van der Waals surface area contributed by atoms with Crippen molar-refractivity contribution < 1.29 is 0 Å². The van der Waals surface area contributed by atoms with E-state index in [-0.39, 0.29) is 0 Å². The van der Waals surface area contributed by atoms with Crippen molar-refractivity contribution in [2.75, 3.05) is 29.7 Å². The number of benzene rings is 2. The van der Waals surface area contributed by atoms with E-state index in [0.29, 0.717) is 34.4 Å². The molecule has 9 heteroatoms. The third-order valence-corrected chi connectivity index (χ3v) is 4.21. The maximum atomic E-state index is 6.14. The van der Waals surface area contributed by atoms with Crippen molar-refractivity contribution in [3.63, 3.8) is 0 Å². The summed E-state index contributed by atoms with van der Waals surface area (Å²) >= 11 is 12.0. The summed E-state index contributed by atoms with van der Waals surface area (Å²) in [6.45, 7) is 0.598. The molecule has 28 heavy (non-hydrogen) atoms. The van der Waals surface area contributed by atoms with E-state index in [1.807, 2.05) is 44.4 Å². The molecule has 1 heterocycles. The Morgan fingerprint density at radius 3 is 2.46 bits per heavy atom. The molecular formula is C19H19Cl2N7. The fourth-order valence-electron chi connectivity index (χ4n) is 2.24. The molecule has 0 aliphatic rings. The van der Waals surface area contributed by atoms with Gasteiger partial charge in [0, 0.05) is 31.2 Å². The summed E-state index contributed by atoms with van der Waals surface area (Å²) in [5, 5.41) is 8.44. The second-order valence-corrected chi connectivity index (χ2v) is 6.90. The third-order valence-electron chi connectivity index (χ3n) is 3.65. The van der Waals surface area contributed by atoms with E-state index >= 15 is 0 Å². The van der Waals surface area contributed by atoms with Crippen LogP contribution in [0.4, 0.5) is 17.8 Å². The van der Waals surface area contributed by atoms with E-state index in [1.165, 1.54) is 0 Å². The molecule has 0 aliphatic heterocycles. The molecule has 0 fully saturated rings. The summed E-state index contributed by atoms with van der Waals surface area (Å²) in [7, 11) is 3.72. The van der Waals surface area contributed by atoms with Gasteiger partial charge < -0.3 is 10.2 Å². The lowest BCUT2D eigenvalue weighted by Gasteiger charge is -2.13.